The summed E-state index contributed by atoms with van der Waals surface area (Å²) in [7, 11) is 0. The second-order valence-corrected chi connectivity index (χ2v) is 4.16. The Labute approximate surface area is 94.0 Å². The molecule has 1 unspecified atom stereocenters. The van der Waals surface area contributed by atoms with Crippen LogP contribution in [-0.2, 0) is 17.9 Å². The van der Waals surface area contributed by atoms with Crippen LogP contribution in [0, 0.1) is 0 Å². The van der Waals surface area contributed by atoms with Crippen molar-refractivity contribution in [1.82, 2.24) is 5.32 Å². The van der Waals surface area contributed by atoms with Crippen molar-refractivity contribution in [3.8, 4) is 0 Å². The summed E-state index contributed by atoms with van der Waals surface area (Å²) in [4.78, 5) is 0. The molecule has 0 amide bonds. The van der Waals surface area contributed by atoms with Crippen molar-refractivity contribution < 1.29 is 19.4 Å². The standard InChI is InChI=1S/C11H17NO4/c13-6-10-2-1-9(16-10)5-12-7-11(14)3-4-15-8-11/h1-2,12-14H,3-8H2. The van der Waals surface area contributed by atoms with Crippen molar-refractivity contribution in [2.45, 2.75) is 25.2 Å². The maximum absolute atomic E-state index is 9.96. The van der Waals surface area contributed by atoms with Gasteiger partial charge >= 0.3 is 0 Å². The van der Waals surface area contributed by atoms with Gasteiger partial charge in [-0.1, -0.05) is 0 Å². The Balaban J connectivity index is 1.75. The molecule has 5 heteroatoms. The summed E-state index contributed by atoms with van der Waals surface area (Å²) in [6.45, 7) is 1.95. The van der Waals surface area contributed by atoms with Crippen molar-refractivity contribution >= 4 is 0 Å². The minimum Gasteiger partial charge on any atom is -0.462 e. The third kappa shape index (κ3) is 2.82. The zero-order valence-electron chi connectivity index (χ0n) is 9.11. The molecule has 1 aliphatic heterocycles. The van der Waals surface area contributed by atoms with Gasteiger partial charge in [0.15, 0.2) is 0 Å². The van der Waals surface area contributed by atoms with Crippen LogP contribution in [-0.4, -0.2) is 35.6 Å². The molecule has 1 fully saturated rings. The zero-order valence-corrected chi connectivity index (χ0v) is 9.11. The van der Waals surface area contributed by atoms with Crippen LogP contribution in [0.1, 0.15) is 17.9 Å². The minimum atomic E-state index is -0.744. The molecule has 0 bridgehead atoms. The number of rotatable bonds is 5. The van der Waals surface area contributed by atoms with Crippen LogP contribution in [0.2, 0.25) is 0 Å². The summed E-state index contributed by atoms with van der Waals surface area (Å²) in [5, 5.41) is 21.9. The van der Waals surface area contributed by atoms with E-state index in [1.165, 1.54) is 0 Å². The molecule has 0 saturated carbocycles. The highest BCUT2D eigenvalue weighted by atomic mass is 16.5. The normalized spacial score (nSPS) is 25.1. The van der Waals surface area contributed by atoms with Crippen LogP contribution in [0.3, 0.4) is 0 Å². The average Bonchev–Trinajstić information content (AvgIpc) is 2.88. The molecule has 2 heterocycles. The van der Waals surface area contributed by atoms with E-state index in [2.05, 4.69) is 5.32 Å². The third-order valence-electron chi connectivity index (χ3n) is 2.71. The molecule has 1 aromatic rings. The second-order valence-electron chi connectivity index (χ2n) is 4.16. The highest BCUT2D eigenvalue weighted by molar-refractivity contribution is 5.06. The monoisotopic (exact) mass is 227 g/mol. The van der Waals surface area contributed by atoms with Gasteiger partial charge in [-0.15, -0.1) is 0 Å². The van der Waals surface area contributed by atoms with E-state index in [0.717, 1.165) is 5.76 Å². The molecule has 1 aliphatic rings. The maximum Gasteiger partial charge on any atom is 0.129 e. The van der Waals surface area contributed by atoms with Crippen molar-refractivity contribution in [3.63, 3.8) is 0 Å². The summed E-state index contributed by atoms with van der Waals surface area (Å²) in [6.07, 6.45) is 0.667. The quantitative estimate of drug-likeness (QED) is 0.661. The van der Waals surface area contributed by atoms with Crippen molar-refractivity contribution in [2.75, 3.05) is 19.8 Å². The molecule has 2 rings (SSSR count). The number of hydrogen-bond donors (Lipinski definition) is 3. The number of aliphatic hydroxyl groups is 2. The lowest BCUT2D eigenvalue weighted by atomic mass is 10.0. The van der Waals surface area contributed by atoms with E-state index in [1.807, 2.05) is 6.07 Å². The van der Waals surface area contributed by atoms with Crippen molar-refractivity contribution in [1.29, 1.82) is 0 Å². The largest absolute Gasteiger partial charge is 0.462 e. The van der Waals surface area contributed by atoms with E-state index >= 15 is 0 Å². The van der Waals surface area contributed by atoms with E-state index in [-0.39, 0.29) is 6.61 Å². The summed E-state index contributed by atoms with van der Waals surface area (Å²) >= 11 is 0. The molecular formula is C11H17NO4. The fourth-order valence-corrected chi connectivity index (χ4v) is 1.76. The van der Waals surface area contributed by atoms with Crippen LogP contribution < -0.4 is 5.32 Å². The van der Waals surface area contributed by atoms with Crippen LogP contribution in [0.25, 0.3) is 0 Å². The molecule has 0 radical (unpaired) electrons. The van der Waals surface area contributed by atoms with Gasteiger partial charge in [-0.05, 0) is 12.1 Å². The molecule has 90 valence electrons. The first-order valence-corrected chi connectivity index (χ1v) is 5.41. The van der Waals surface area contributed by atoms with Crippen LogP contribution in [0.15, 0.2) is 16.5 Å². The molecule has 0 spiro atoms. The Morgan fingerprint density at radius 1 is 1.38 bits per heavy atom. The Morgan fingerprint density at radius 3 is 2.81 bits per heavy atom. The van der Waals surface area contributed by atoms with Crippen LogP contribution in [0.5, 0.6) is 0 Å². The number of aliphatic hydroxyl groups excluding tert-OH is 1. The smallest absolute Gasteiger partial charge is 0.129 e. The topological polar surface area (TPSA) is 74.9 Å². The lowest BCUT2D eigenvalue weighted by Crippen LogP contribution is -2.40. The van der Waals surface area contributed by atoms with E-state index in [9.17, 15) is 5.11 Å². The lowest BCUT2D eigenvalue weighted by Gasteiger charge is -2.20. The minimum absolute atomic E-state index is 0.0855. The molecule has 0 aliphatic carbocycles. The van der Waals surface area contributed by atoms with E-state index in [1.54, 1.807) is 6.07 Å². The van der Waals surface area contributed by atoms with E-state index in [0.29, 0.717) is 38.5 Å². The van der Waals surface area contributed by atoms with Gasteiger partial charge in [0.2, 0.25) is 0 Å². The third-order valence-corrected chi connectivity index (χ3v) is 2.71. The Kier molecular flexibility index (Phi) is 3.60. The van der Waals surface area contributed by atoms with Gasteiger partial charge in [-0.3, -0.25) is 0 Å². The molecule has 3 N–H and O–H groups in total. The van der Waals surface area contributed by atoms with Gasteiger partial charge in [-0.2, -0.15) is 0 Å². The number of furan rings is 1. The number of ether oxygens (including phenoxy) is 1. The molecule has 1 aromatic heterocycles. The Hall–Kier alpha value is -0.880. The predicted octanol–water partition coefficient (Wildman–Crippen LogP) is 0.0129. The van der Waals surface area contributed by atoms with Gasteiger partial charge in [0.1, 0.15) is 23.7 Å². The summed E-state index contributed by atoms with van der Waals surface area (Å²) in [5.41, 5.74) is -0.744. The van der Waals surface area contributed by atoms with Gasteiger partial charge in [0.25, 0.3) is 0 Å². The summed E-state index contributed by atoms with van der Waals surface area (Å²) in [6, 6.07) is 3.55. The molecule has 5 nitrogen and oxygen atoms in total. The van der Waals surface area contributed by atoms with Gasteiger partial charge in [-0.25, -0.2) is 0 Å². The summed E-state index contributed by atoms with van der Waals surface area (Å²) in [5.74, 6) is 1.31. The second kappa shape index (κ2) is 4.97. The van der Waals surface area contributed by atoms with Gasteiger partial charge in [0.05, 0.1) is 13.2 Å². The maximum atomic E-state index is 9.96. The molecule has 16 heavy (non-hydrogen) atoms. The van der Waals surface area contributed by atoms with Gasteiger partial charge in [0, 0.05) is 19.6 Å². The fraction of sp³-hybridized carbons (Fsp3) is 0.636. The highest BCUT2D eigenvalue weighted by Gasteiger charge is 2.31. The number of hydrogen-bond acceptors (Lipinski definition) is 5. The van der Waals surface area contributed by atoms with Crippen molar-refractivity contribution in [2.24, 2.45) is 0 Å². The van der Waals surface area contributed by atoms with E-state index in [4.69, 9.17) is 14.3 Å². The SMILES string of the molecule is OCc1ccc(CNCC2(O)CCOC2)o1. The lowest BCUT2D eigenvalue weighted by molar-refractivity contribution is 0.0265. The van der Waals surface area contributed by atoms with Crippen LogP contribution >= 0.6 is 0 Å². The molecular weight excluding hydrogens is 210 g/mol. The molecule has 1 saturated heterocycles. The predicted molar refractivity (Wildman–Crippen MR) is 56.7 cm³/mol. The van der Waals surface area contributed by atoms with Crippen molar-refractivity contribution in [3.05, 3.63) is 23.7 Å². The summed E-state index contributed by atoms with van der Waals surface area (Å²) < 4.78 is 10.4. The fourth-order valence-electron chi connectivity index (χ4n) is 1.76. The van der Waals surface area contributed by atoms with Gasteiger partial charge < -0.3 is 24.7 Å². The zero-order chi connectivity index (χ0) is 11.4. The Morgan fingerprint density at radius 2 is 2.19 bits per heavy atom. The van der Waals surface area contributed by atoms with E-state index < -0.39 is 5.60 Å². The van der Waals surface area contributed by atoms with Crippen LogP contribution in [0.4, 0.5) is 0 Å². The highest BCUT2D eigenvalue weighted by Crippen LogP contribution is 2.17. The first-order chi connectivity index (χ1) is 7.72. The first-order valence-electron chi connectivity index (χ1n) is 5.41. The number of nitrogens with one attached hydrogen (secondary N) is 1. The molecule has 0 aromatic carbocycles. The Bertz CT molecular complexity index is 330. The molecule has 1 atom stereocenters. The average molecular weight is 227 g/mol. The first kappa shape index (κ1) is 11.6.